The number of rotatable bonds is 1. The number of nitrogens with zero attached hydrogens (tertiary/aromatic N) is 4. The van der Waals surface area contributed by atoms with Crippen molar-refractivity contribution in [2.24, 2.45) is 7.05 Å². The molecule has 1 unspecified atom stereocenters. The zero-order valence-corrected chi connectivity index (χ0v) is 14.2. The van der Waals surface area contributed by atoms with E-state index in [4.69, 9.17) is 4.74 Å². The van der Waals surface area contributed by atoms with Crippen molar-refractivity contribution >= 4 is 17.1 Å². The van der Waals surface area contributed by atoms with Gasteiger partial charge in [-0.15, -0.1) is 0 Å². The molecule has 6 nitrogen and oxygen atoms in total. The van der Waals surface area contributed by atoms with Crippen LogP contribution in [-0.2, 0) is 11.8 Å². The van der Waals surface area contributed by atoms with Gasteiger partial charge in [0.05, 0.1) is 12.2 Å². The Balaban J connectivity index is 1.89. The molecule has 6 heteroatoms. The number of aromatic nitrogens is 3. The SMILES string of the molecule is Cn1ncc2cc(C3CCCCN3C(=O)OC(C)(C)C)cnc21. The number of hydrogen-bond donors (Lipinski definition) is 0. The monoisotopic (exact) mass is 316 g/mol. The van der Waals surface area contributed by atoms with Gasteiger partial charge in [0, 0.05) is 25.2 Å². The highest BCUT2D eigenvalue weighted by Gasteiger charge is 2.31. The van der Waals surface area contributed by atoms with Crippen molar-refractivity contribution in [1.82, 2.24) is 19.7 Å². The molecular formula is C17H24N4O2. The van der Waals surface area contributed by atoms with E-state index in [1.165, 1.54) is 0 Å². The van der Waals surface area contributed by atoms with E-state index in [1.807, 2.05) is 45.1 Å². The molecule has 1 aliphatic heterocycles. The van der Waals surface area contributed by atoms with Crippen LogP contribution in [0.5, 0.6) is 0 Å². The van der Waals surface area contributed by atoms with Crippen molar-refractivity contribution in [3.63, 3.8) is 0 Å². The standard InChI is InChI=1S/C17H24N4O2/c1-17(2,3)23-16(22)21-8-6-5-7-14(21)12-9-13-11-19-20(4)15(13)18-10-12/h9-11,14H,5-8H2,1-4H3. The summed E-state index contributed by atoms with van der Waals surface area (Å²) in [5, 5.41) is 5.23. The lowest BCUT2D eigenvalue weighted by molar-refractivity contribution is 0.00950. The molecule has 1 aliphatic rings. The fraction of sp³-hybridized carbons (Fsp3) is 0.588. The van der Waals surface area contributed by atoms with Crippen molar-refractivity contribution < 1.29 is 9.53 Å². The van der Waals surface area contributed by atoms with Gasteiger partial charge in [0.1, 0.15) is 5.60 Å². The third-order valence-corrected chi connectivity index (χ3v) is 4.11. The first-order valence-electron chi connectivity index (χ1n) is 8.12. The van der Waals surface area contributed by atoms with Gasteiger partial charge in [0.2, 0.25) is 0 Å². The van der Waals surface area contributed by atoms with E-state index in [2.05, 4.69) is 16.1 Å². The number of aryl methyl sites for hydroxylation is 1. The predicted molar refractivity (Wildman–Crippen MR) is 88.0 cm³/mol. The summed E-state index contributed by atoms with van der Waals surface area (Å²) in [5.74, 6) is 0. The van der Waals surface area contributed by atoms with E-state index in [0.717, 1.165) is 42.4 Å². The van der Waals surface area contributed by atoms with Crippen LogP contribution in [0.15, 0.2) is 18.5 Å². The molecule has 23 heavy (non-hydrogen) atoms. The molecule has 0 bridgehead atoms. The van der Waals surface area contributed by atoms with Crippen molar-refractivity contribution in [2.45, 2.75) is 51.7 Å². The van der Waals surface area contributed by atoms with Crippen LogP contribution in [0.1, 0.15) is 51.6 Å². The number of carbonyl (C=O) groups excluding carboxylic acids is 1. The number of pyridine rings is 1. The first-order valence-corrected chi connectivity index (χ1v) is 8.12. The average molecular weight is 316 g/mol. The Morgan fingerprint density at radius 1 is 1.30 bits per heavy atom. The third-order valence-electron chi connectivity index (χ3n) is 4.11. The van der Waals surface area contributed by atoms with Gasteiger partial charge in [0.25, 0.3) is 0 Å². The van der Waals surface area contributed by atoms with Gasteiger partial charge < -0.3 is 9.64 Å². The van der Waals surface area contributed by atoms with Crippen molar-refractivity contribution in [2.75, 3.05) is 6.54 Å². The lowest BCUT2D eigenvalue weighted by Gasteiger charge is -2.36. The number of piperidine rings is 1. The lowest BCUT2D eigenvalue weighted by Crippen LogP contribution is -2.41. The van der Waals surface area contributed by atoms with Crippen LogP contribution in [-0.4, -0.2) is 37.9 Å². The highest BCUT2D eigenvalue weighted by Crippen LogP contribution is 2.32. The Hall–Kier alpha value is -2.11. The van der Waals surface area contributed by atoms with Crippen LogP contribution in [0.3, 0.4) is 0 Å². The largest absolute Gasteiger partial charge is 0.444 e. The Bertz CT molecular complexity index is 717. The number of hydrogen-bond acceptors (Lipinski definition) is 4. The summed E-state index contributed by atoms with van der Waals surface area (Å²) in [7, 11) is 1.88. The number of carbonyl (C=O) groups is 1. The van der Waals surface area contributed by atoms with Gasteiger partial charge in [0.15, 0.2) is 5.65 Å². The van der Waals surface area contributed by atoms with Crippen molar-refractivity contribution in [1.29, 1.82) is 0 Å². The molecule has 3 rings (SSSR count). The Morgan fingerprint density at radius 2 is 2.09 bits per heavy atom. The molecule has 1 saturated heterocycles. The fourth-order valence-corrected chi connectivity index (χ4v) is 3.06. The minimum absolute atomic E-state index is 0.0238. The first-order chi connectivity index (χ1) is 10.8. The summed E-state index contributed by atoms with van der Waals surface area (Å²) >= 11 is 0. The van der Waals surface area contributed by atoms with Gasteiger partial charge >= 0.3 is 6.09 Å². The molecule has 3 heterocycles. The highest BCUT2D eigenvalue weighted by molar-refractivity contribution is 5.75. The van der Waals surface area contributed by atoms with Crippen LogP contribution in [0.25, 0.3) is 11.0 Å². The van der Waals surface area contributed by atoms with E-state index < -0.39 is 5.60 Å². The van der Waals surface area contributed by atoms with E-state index in [-0.39, 0.29) is 12.1 Å². The molecule has 0 aliphatic carbocycles. The molecular weight excluding hydrogens is 292 g/mol. The summed E-state index contributed by atoms with van der Waals surface area (Å²) in [6, 6.07) is 2.11. The van der Waals surface area contributed by atoms with E-state index in [1.54, 1.807) is 4.68 Å². The summed E-state index contributed by atoms with van der Waals surface area (Å²) in [6.07, 6.45) is 6.48. The third kappa shape index (κ3) is 3.30. The molecule has 0 N–H and O–H groups in total. The van der Waals surface area contributed by atoms with Gasteiger partial charge in [-0.1, -0.05) is 0 Å². The summed E-state index contributed by atoms with van der Waals surface area (Å²) in [5.41, 5.74) is 1.43. The molecule has 0 saturated carbocycles. The van der Waals surface area contributed by atoms with Crippen LogP contribution in [0, 0.1) is 0 Å². The molecule has 0 radical (unpaired) electrons. The second-order valence-electron chi connectivity index (χ2n) is 7.13. The molecule has 1 amide bonds. The molecule has 0 aromatic carbocycles. The van der Waals surface area contributed by atoms with Gasteiger partial charge in [-0.25, -0.2) is 9.78 Å². The maximum absolute atomic E-state index is 12.5. The molecule has 1 atom stereocenters. The van der Waals surface area contributed by atoms with Gasteiger partial charge in [-0.05, 0) is 51.7 Å². The molecule has 124 valence electrons. The Kier molecular flexibility index (Phi) is 4.00. The van der Waals surface area contributed by atoms with Gasteiger partial charge in [-0.2, -0.15) is 5.10 Å². The smallest absolute Gasteiger partial charge is 0.410 e. The quantitative estimate of drug-likeness (QED) is 0.808. The summed E-state index contributed by atoms with van der Waals surface area (Å²) in [4.78, 5) is 18.9. The Morgan fingerprint density at radius 3 is 2.83 bits per heavy atom. The van der Waals surface area contributed by atoms with Crippen molar-refractivity contribution in [3.05, 3.63) is 24.0 Å². The van der Waals surface area contributed by atoms with E-state index >= 15 is 0 Å². The number of likely N-dealkylation sites (tertiary alicyclic amines) is 1. The first kappa shape index (κ1) is 15.8. The minimum atomic E-state index is -0.482. The maximum atomic E-state index is 12.5. The summed E-state index contributed by atoms with van der Waals surface area (Å²) in [6.45, 7) is 6.41. The van der Waals surface area contributed by atoms with Crippen LogP contribution in [0.2, 0.25) is 0 Å². The number of fused-ring (bicyclic) bond motifs is 1. The topological polar surface area (TPSA) is 60.2 Å². The maximum Gasteiger partial charge on any atom is 0.410 e. The van der Waals surface area contributed by atoms with Gasteiger partial charge in [-0.3, -0.25) is 4.68 Å². The number of amides is 1. The fourth-order valence-electron chi connectivity index (χ4n) is 3.06. The highest BCUT2D eigenvalue weighted by atomic mass is 16.6. The second-order valence-corrected chi connectivity index (χ2v) is 7.13. The minimum Gasteiger partial charge on any atom is -0.444 e. The summed E-state index contributed by atoms with van der Waals surface area (Å²) < 4.78 is 7.33. The van der Waals surface area contributed by atoms with Crippen LogP contribution >= 0.6 is 0 Å². The zero-order chi connectivity index (χ0) is 16.6. The molecule has 2 aromatic rings. The van der Waals surface area contributed by atoms with Crippen LogP contribution in [0.4, 0.5) is 4.79 Å². The predicted octanol–water partition coefficient (Wildman–Crippen LogP) is 3.43. The second kappa shape index (κ2) is 5.83. The van der Waals surface area contributed by atoms with Crippen molar-refractivity contribution in [3.8, 4) is 0 Å². The lowest BCUT2D eigenvalue weighted by atomic mass is 9.96. The zero-order valence-electron chi connectivity index (χ0n) is 14.2. The average Bonchev–Trinajstić information content (AvgIpc) is 2.86. The molecule has 0 spiro atoms. The Labute approximate surface area is 136 Å². The van der Waals surface area contributed by atoms with Crippen LogP contribution < -0.4 is 0 Å². The van der Waals surface area contributed by atoms with E-state index in [0.29, 0.717) is 0 Å². The molecule has 1 fully saturated rings. The normalized spacial score (nSPS) is 19.1. The number of ether oxygens (including phenoxy) is 1. The van der Waals surface area contributed by atoms with E-state index in [9.17, 15) is 4.79 Å². The molecule has 2 aromatic heterocycles.